The summed E-state index contributed by atoms with van der Waals surface area (Å²) < 4.78 is 2.46. The Morgan fingerprint density at radius 2 is 0.885 bits per heavy atom. The van der Waals surface area contributed by atoms with E-state index in [1.807, 2.05) is 0 Å². The highest BCUT2D eigenvalue weighted by atomic mass is 15.1. The number of rotatable bonds is 6. The van der Waals surface area contributed by atoms with Crippen molar-refractivity contribution in [3.05, 3.63) is 206 Å². The highest BCUT2D eigenvalue weighted by Gasteiger charge is 2.18. The zero-order valence-corrected chi connectivity index (χ0v) is 28.5. The van der Waals surface area contributed by atoms with Crippen LogP contribution < -0.4 is 4.90 Å². The van der Waals surface area contributed by atoms with Gasteiger partial charge in [0.1, 0.15) is 0 Å². The van der Waals surface area contributed by atoms with Gasteiger partial charge in [0.15, 0.2) is 0 Å². The molecule has 1 aromatic heterocycles. The number of nitrogens with zero attached hydrogens (tertiary/aromatic N) is 2. The van der Waals surface area contributed by atoms with Crippen LogP contribution in [0.25, 0.3) is 71.3 Å². The summed E-state index contributed by atoms with van der Waals surface area (Å²) in [6, 6.07) is 74.6. The Morgan fingerprint density at radius 1 is 0.327 bits per heavy atom. The summed E-state index contributed by atoms with van der Waals surface area (Å²) >= 11 is 0. The predicted molar refractivity (Wildman–Crippen MR) is 221 cm³/mol. The summed E-state index contributed by atoms with van der Waals surface area (Å²) in [6.07, 6.45) is 0. The molecule has 10 rings (SSSR count). The Bertz CT molecular complexity index is 2880. The fraction of sp³-hybridized carbons (Fsp3) is 0. The van der Waals surface area contributed by atoms with Gasteiger partial charge in [-0.1, -0.05) is 158 Å². The Morgan fingerprint density at radius 3 is 1.67 bits per heavy atom. The number of benzene rings is 9. The fourth-order valence-electron chi connectivity index (χ4n) is 7.88. The normalized spacial score (nSPS) is 11.5. The van der Waals surface area contributed by atoms with E-state index in [9.17, 15) is 0 Å². The maximum Gasteiger partial charge on any atom is 0.0619 e. The third kappa shape index (κ3) is 5.04. The molecule has 10 aromatic rings. The van der Waals surface area contributed by atoms with Gasteiger partial charge >= 0.3 is 0 Å². The average Bonchev–Trinajstić information content (AvgIpc) is 3.57. The molecule has 1 heterocycles. The average molecular weight is 663 g/mol. The van der Waals surface area contributed by atoms with Crippen molar-refractivity contribution in [3.8, 4) is 27.9 Å². The van der Waals surface area contributed by atoms with Crippen molar-refractivity contribution in [3.63, 3.8) is 0 Å². The molecule has 0 fully saturated rings. The van der Waals surface area contributed by atoms with Crippen LogP contribution in [-0.2, 0) is 0 Å². The van der Waals surface area contributed by atoms with Crippen molar-refractivity contribution < 1.29 is 0 Å². The summed E-state index contributed by atoms with van der Waals surface area (Å²) in [6.45, 7) is 0. The Balaban J connectivity index is 1.11. The lowest BCUT2D eigenvalue weighted by molar-refractivity contribution is 1.19. The second kappa shape index (κ2) is 12.5. The molecule has 0 aliphatic rings. The maximum absolute atomic E-state index is 2.46. The SMILES string of the molecule is c1ccc(-c2ccc(N(c3ccc(-c4ccccc4-n4c5ccccc5c5ccc6ccccc6c54)cc3)c3ccc4ccccc4c3)cc2)cc1. The number of para-hydroxylation sites is 2. The molecule has 244 valence electrons. The second-order valence-electron chi connectivity index (χ2n) is 13.4. The number of fused-ring (bicyclic) bond motifs is 6. The van der Waals surface area contributed by atoms with Crippen molar-refractivity contribution in [2.24, 2.45) is 0 Å². The van der Waals surface area contributed by atoms with Gasteiger partial charge in [-0.3, -0.25) is 0 Å². The van der Waals surface area contributed by atoms with Crippen LogP contribution in [0.3, 0.4) is 0 Å². The van der Waals surface area contributed by atoms with Gasteiger partial charge in [-0.05, 0) is 81.4 Å². The summed E-state index contributed by atoms with van der Waals surface area (Å²) in [4.78, 5) is 2.36. The van der Waals surface area contributed by atoms with E-state index in [0.29, 0.717) is 0 Å². The fourth-order valence-corrected chi connectivity index (χ4v) is 7.88. The molecule has 52 heavy (non-hydrogen) atoms. The van der Waals surface area contributed by atoms with E-state index in [0.717, 1.165) is 17.1 Å². The van der Waals surface area contributed by atoms with Gasteiger partial charge in [0.05, 0.1) is 16.7 Å². The molecule has 0 N–H and O–H groups in total. The van der Waals surface area contributed by atoms with Crippen LogP contribution in [0.1, 0.15) is 0 Å². The lowest BCUT2D eigenvalue weighted by Gasteiger charge is -2.26. The second-order valence-corrected chi connectivity index (χ2v) is 13.4. The monoisotopic (exact) mass is 662 g/mol. The summed E-state index contributed by atoms with van der Waals surface area (Å²) in [7, 11) is 0. The molecule has 0 radical (unpaired) electrons. The van der Waals surface area contributed by atoms with Crippen molar-refractivity contribution in [1.82, 2.24) is 4.57 Å². The Labute approximate surface area is 303 Å². The number of hydrogen-bond donors (Lipinski definition) is 0. The first-order valence-corrected chi connectivity index (χ1v) is 17.9. The minimum atomic E-state index is 1.10. The zero-order valence-electron chi connectivity index (χ0n) is 28.5. The highest BCUT2D eigenvalue weighted by molar-refractivity contribution is 6.18. The van der Waals surface area contributed by atoms with Crippen LogP contribution in [-0.4, -0.2) is 4.57 Å². The van der Waals surface area contributed by atoms with Gasteiger partial charge in [0.25, 0.3) is 0 Å². The van der Waals surface area contributed by atoms with Crippen molar-refractivity contribution in [1.29, 1.82) is 0 Å². The number of anilines is 3. The first kappa shape index (κ1) is 30.0. The van der Waals surface area contributed by atoms with E-state index in [-0.39, 0.29) is 0 Å². The number of aromatic nitrogens is 1. The van der Waals surface area contributed by atoms with E-state index >= 15 is 0 Å². The summed E-state index contributed by atoms with van der Waals surface area (Å²) in [5.74, 6) is 0. The van der Waals surface area contributed by atoms with E-state index in [1.165, 1.54) is 71.3 Å². The number of hydrogen-bond acceptors (Lipinski definition) is 1. The molecule has 2 heteroatoms. The van der Waals surface area contributed by atoms with Crippen LogP contribution >= 0.6 is 0 Å². The smallest absolute Gasteiger partial charge is 0.0619 e. The maximum atomic E-state index is 2.46. The Hall–Kier alpha value is -6.90. The van der Waals surface area contributed by atoms with Gasteiger partial charge in [-0.2, -0.15) is 0 Å². The van der Waals surface area contributed by atoms with Crippen LogP contribution in [0.15, 0.2) is 206 Å². The van der Waals surface area contributed by atoms with Crippen LogP contribution in [0, 0.1) is 0 Å². The molecule has 0 aliphatic carbocycles. The van der Waals surface area contributed by atoms with Gasteiger partial charge in [0.2, 0.25) is 0 Å². The minimum absolute atomic E-state index is 1.10. The molecule has 0 spiro atoms. The molecular formula is C50H34N2. The quantitative estimate of drug-likeness (QED) is 0.172. The molecule has 9 aromatic carbocycles. The third-order valence-electron chi connectivity index (χ3n) is 10.4. The predicted octanol–water partition coefficient (Wildman–Crippen LogP) is 13.9. The van der Waals surface area contributed by atoms with Crippen LogP contribution in [0.4, 0.5) is 17.1 Å². The highest BCUT2D eigenvalue weighted by Crippen LogP contribution is 2.41. The van der Waals surface area contributed by atoms with E-state index < -0.39 is 0 Å². The first-order valence-electron chi connectivity index (χ1n) is 17.9. The van der Waals surface area contributed by atoms with Gasteiger partial charge in [-0.15, -0.1) is 0 Å². The molecule has 0 aliphatic heterocycles. The summed E-state index contributed by atoms with van der Waals surface area (Å²) in [5.41, 5.74) is 11.7. The molecule has 0 unspecified atom stereocenters. The summed E-state index contributed by atoms with van der Waals surface area (Å²) in [5, 5.41) is 7.48. The van der Waals surface area contributed by atoms with Crippen molar-refractivity contribution in [2.75, 3.05) is 4.90 Å². The third-order valence-corrected chi connectivity index (χ3v) is 10.4. The molecule has 0 saturated carbocycles. The van der Waals surface area contributed by atoms with Crippen molar-refractivity contribution in [2.45, 2.75) is 0 Å². The van der Waals surface area contributed by atoms with Gasteiger partial charge < -0.3 is 9.47 Å². The van der Waals surface area contributed by atoms with Crippen molar-refractivity contribution >= 4 is 60.4 Å². The standard InChI is InChI=1S/C50H34N2/c1-2-12-35(13-3-1)37-22-28-41(29-23-37)51(43-32-24-36-14-4-5-16-40(36)34-43)42-30-25-39(26-31-42)44-17-8-10-20-48(44)52-49-21-11-9-19-46(49)47-33-27-38-15-6-7-18-45(38)50(47)52/h1-34H. The molecule has 0 saturated heterocycles. The first-order chi connectivity index (χ1) is 25.8. The van der Waals surface area contributed by atoms with Crippen LogP contribution in [0.5, 0.6) is 0 Å². The molecular weight excluding hydrogens is 629 g/mol. The molecule has 0 bridgehead atoms. The minimum Gasteiger partial charge on any atom is -0.310 e. The zero-order chi connectivity index (χ0) is 34.4. The molecule has 0 amide bonds. The largest absolute Gasteiger partial charge is 0.310 e. The lowest BCUT2D eigenvalue weighted by atomic mass is 10.0. The molecule has 0 atom stereocenters. The van der Waals surface area contributed by atoms with Gasteiger partial charge in [0, 0.05) is 38.8 Å². The van der Waals surface area contributed by atoms with E-state index in [4.69, 9.17) is 0 Å². The lowest BCUT2D eigenvalue weighted by Crippen LogP contribution is -2.10. The van der Waals surface area contributed by atoms with Gasteiger partial charge in [-0.25, -0.2) is 0 Å². The van der Waals surface area contributed by atoms with E-state index in [1.54, 1.807) is 0 Å². The molecule has 2 nitrogen and oxygen atoms in total. The Kier molecular flexibility index (Phi) is 7.18. The van der Waals surface area contributed by atoms with E-state index in [2.05, 4.69) is 216 Å². The topological polar surface area (TPSA) is 8.17 Å². The van der Waals surface area contributed by atoms with Crippen LogP contribution in [0.2, 0.25) is 0 Å².